The average molecular weight is 353 g/mol. The maximum Gasteiger partial charge on any atom is 0.222 e. The van der Waals surface area contributed by atoms with Crippen LogP contribution in [0.4, 0.5) is 4.39 Å². The van der Waals surface area contributed by atoms with Gasteiger partial charge in [0, 0.05) is 36.6 Å². The normalized spacial score (nSPS) is 19.8. The van der Waals surface area contributed by atoms with Gasteiger partial charge in [0.2, 0.25) is 5.91 Å². The minimum absolute atomic E-state index is 0.221. The Kier molecular flexibility index (Phi) is 6.12. The summed E-state index contributed by atoms with van der Waals surface area (Å²) >= 11 is 6.12. The van der Waals surface area contributed by atoms with Gasteiger partial charge in [-0.1, -0.05) is 17.7 Å². The number of amides is 1. The largest absolute Gasteiger partial charge is 0.343 e. The summed E-state index contributed by atoms with van der Waals surface area (Å²) in [6.07, 6.45) is 6.15. The molecule has 132 valence electrons. The van der Waals surface area contributed by atoms with Gasteiger partial charge in [-0.05, 0) is 63.2 Å². The highest BCUT2D eigenvalue weighted by molar-refractivity contribution is 6.31. The number of benzene rings is 1. The Balaban J connectivity index is 1.41. The third-order valence-corrected chi connectivity index (χ3v) is 5.73. The Morgan fingerprint density at radius 3 is 2.54 bits per heavy atom. The maximum atomic E-state index is 13.9. The van der Waals surface area contributed by atoms with Crippen molar-refractivity contribution >= 4 is 17.5 Å². The number of piperidine rings is 1. The lowest BCUT2D eigenvalue weighted by Gasteiger charge is -2.32. The van der Waals surface area contributed by atoms with Crippen molar-refractivity contribution in [2.24, 2.45) is 5.92 Å². The Morgan fingerprint density at radius 1 is 1.17 bits per heavy atom. The van der Waals surface area contributed by atoms with Gasteiger partial charge in [-0.25, -0.2) is 4.39 Å². The number of nitrogens with zero attached hydrogens (tertiary/aromatic N) is 2. The van der Waals surface area contributed by atoms with Gasteiger partial charge in [0.05, 0.1) is 0 Å². The van der Waals surface area contributed by atoms with Crippen LogP contribution in [0.25, 0.3) is 0 Å². The van der Waals surface area contributed by atoms with E-state index in [4.69, 9.17) is 11.6 Å². The Morgan fingerprint density at radius 2 is 1.88 bits per heavy atom. The third kappa shape index (κ3) is 4.48. The van der Waals surface area contributed by atoms with E-state index in [2.05, 4.69) is 4.90 Å². The van der Waals surface area contributed by atoms with Crippen molar-refractivity contribution in [2.75, 3.05) is 26.2 Å². The first-order chi connectivity index (χ1) is 11.6. The number of carbonyl (C=O) groups excluding carboxylic acids is 1. The molecule has 3 rings (SSSR count). The summed E-state index contributed by atoms with van der Waals surface area (Å²) in [6.45, 7) is 4.37. The molecule has 5 heteroatoms. The van der Waals surface area contributed by atoms with Crippen LogP contribution < -0.4 is 0 Å². The van der Waals surface area contributed by atoms with Gasteiger partial charge in [-0.3, -0.25) is 9.69 Å². The van der Waals surface area contributed by atoms with Gasteiger partial charge in [0.1, 0.15) is 5.82 Å². The van der Waals surface area contributed by atoms with Crippen LogP contribution in [-0.4, -0.2) is 41.9 Å². The van der Waals surface area contributed by atoms with Crippen LogP contribution in [0.2, 0.25) is 5.02 Å². The summed E-state index contributed by atoms with van der Waals surface area (Å²) in [5.74, 6) is 0.720. The quantitative estimate of drug-likeness (QED) is 0.796. The van der Waals surface area contributed by atoms with Crippen LogP contribution in [0.5, 0.6) is 0 Å². The number of carbonyl (C=O) groups is 1. The fraction of sp³-hybridized carbons (Fsp3) is 0.632. The third-order valence-electron chi connectivity index (χ3n) is 5.38. The van der Waals surface area contributed by atoms with E-state index < -0.39 is 0 Å². The zero-order chi connectivity index (χ0) is 16.9. The van der Waals surface area contributed by atoms with Crippen LogP contribution in [0.3, 0.4) is 0 Å². The van der Waals surface area contributed by atoms with Crippen LogP contribution in [0, 0.1) is 11.7 Å². The SMILES string of the molecule is O=C(CCC1CCN(Cc2c(F)cccc2Cl)CC1)N1CCCC1. The zero-order valence-corrected chi connectivity index (χ0v) is 14.9. The lowest BCUT2D eigenvalue weighted by atomic mass is 9.91. The topological polar surface area (TPSA) is 23.6 Å². The molecule has 1 aromatic rings. The molecule has 0 radical (unpaired) electrons. The summed E-state index contributed by atoms with van der Waals surface area (Å²) < 4.78 is 13.9. The molecule has 1 amide bonds. The molecular weight excluding hydrogens is 327 g/mol. The summed E-state index contributed by atoms with van der Waals surface area (Å²) in [7, 11) is 0. The monoisotopic (exact) mass is 352 g/mol. The highest BCUT2D eigenvalue weighted by Crippen LogP contribution is 2.26. The van der Waals surface area contributed by atoms with Crippen LogP contribution in [0.1, 0.15) is 44.1 Å². The van der Waals surface area contributed by atoms with Crippen molar-refractivity contribution in [3.05, 3.63) is 34.6 Å². The minimum Gasteiger partial charge on any atom is -0.343 e. The molecule has 0 N–H and O–H groups in total. The highest BCUT2D eigenvalue weighted by atomic mass is 35.5. The van der Waals surface area contributed by atoms with E-state index in [0.717, 1.165) is 58.3 Å². The molecule has 2 heterocycles. The predicted octanol–water partition coefficient (Wildman–Crippen LogP) is 4.09. The summed E-state index contributed by atoms with van der Waals surface area (Å²) in [4.78, 5) is 16.4. The fourth-order valence-electron chi connectivity index (χ4n) is 3.79. The maximum absolute atomic E-state index is 13.9. The van der Waals surface area contributed by atoms with Crippen LogP contribution in [-0.2, 0) is 11.3 Å². The van der Waals surface area contributed by atoms with Crippen molar-refractivity contribution in [3.63, 3.8) is 0 Å². The highest BCUT2D eigenvalue weighted by Gasteiger charge is 2.23. The minimum atomic E-state index is -0.221. The molecule has 0 saturated carbocycles. The van der Waals surface area contributed by atoms with E-state index in [1.807, 2.05) is 4.90 Å². The molecule has 1 aromatic carbocycles. The second-order valence-corrected chi connectivity index (χ2v) is 7.45. The predicted molar refractivity (Wildman–Crippen MR) is 94.5 cm³/mol. The number of halogens is 2. The molecular formula is C19H26ClFN2O. The smallest absolute Gasteiger partial charge is 0.222 e. The summed E-state index contributed by atoms with van der Waals surface area (Å²) in [5.41, 5.74) is 0.599. The zero-order valence-electron chi connectivity index (χ0n) is 14.1. The van der Waals surface area contributed by atoms with Crippen molar-refractivity contribution in [1.82, 2.24) is 9.80 Å². The molecule has 0 unspecified atom stereocenters. The number of rotatable bonds is 5. The molecule has 24 heavy (non-hydrogen) atoms. The van der Waals surface area contributed by atoms with Crippen molar-refractivity contribution in [3.8, 4) is 0 Å². The average Bonchev–Trinajstić information content (AvgIpc) is 3.12. The van der Waals surface area contributed by atoms with Crippen LogP contribution in [0.15, 0.2) is 18.2 Å². The van der Waals surface area contributed by atoms with E-state index in [0.29, 0.717) is 35.4 Å². The molecule has 0 aromatic heterocycles. The standard InChI is InChI=1S/C19H26ClFN2O/c20-17-4-3-5-18(21)16(17)14-22-12-8-15(9-13-22)6-7-19(24)23-10-1-2-11-23/h3-5,15H,1-2,6-14H2. The van der Waals surface area contributed by atoms with Gasteiger partial charge >= 0.3 is 0 Å². The number of hydrogen-bond donors (Lipinski definition) is 0. The van der Waals surface area contributed by atoms with Crippen molar-refractivity contribution in [2.45, 2.75) is 45.1 Å². The molecule has 2 aliphatic rings. The first kappa shape index (κ1) is 17.7. The first-order valence-electron chi connectivity index (χ1n) is 9.06. The molecule has 2 saturated heterocycles. The second kappa shape index (κ2) is 8.30. The molecule has 0 spiro atoms. The van der Waals surface area contributed by atoms with Crippen molar-refractivity contribution < 1.29 is 9.18 Å². The van der Waals surface area contributed by atoms with Gasteiger partial charge < -0.3 is 4.90 Å². The second-order valence-electron chi connectivity index (χ2n) is 7.05. The van der Waals surface area contributed by atoms with Gasteiger partial charge in [0.15, 0.2) is 0 Å². The summed E-state index contributed by atoms with van der Waals surface area (Å²) in [6, 6.07) is 4.86. The molecule has 0 bridgehead atoms. The lowest BCUT2D eigenvalue weighted by Crippen LogP contribution is -2.34. The van der Waals surface area contributed by atoms with E-state index in [-0.39, 0.29) is 5.82 Å². The molecule has 3 nitrogen and oxygen atoms in total. The molecule has 2 aliphatic heterocycles. The van der Waals surface area contributed by atoms with E-state index in [9.17, 15) is 9.18 Å². The van der Waals surface area contributed by atoms with E-state index >= 15 is 0 Å². The van der Waals surface area contributed by atoms with Gasteiger partial charge in [-0.15, -0.1) is 0 Å². The van der Waals surface area contributed by atoms with Gasteiger partial charge in [0.25, 0.3) is 0 Å². The van der Waals surface area contributed by atoms with E-state index in [1.165, 1.54) is 6.07 Å². The fourth-order valence-corrected chi connectivity index (χ4v) is 4.02. The Hall–Kier alpha value is -1.13. The van der Waals surface area contributed by atoms with E-state index in [1.54, 1.807) is 12.1 Å². The Bertz CT molecular complexity index is 546. The van der Waals surface area contributed by atoms with Crippen LogP contribution >= 0.6 is 11.6 Å². The summed E-state index contributed by atoms with van der Waals surface area (Å²) in [5, 5.41) is 0.508. The molecule has 0 aliphatic carbocycles. The number of hydrogen-bond acceptors (Lipinski definition) is 2. The van der Waals surface area contributed by atoms with Crippen molar-refractivity contribution in [1.29, 1.82) is 0 Å². The first-order valence-corrected chi connectivity index (χ1v) is 9.44. The Labute approximate surface area is 148 Å². The van der Waals surface area contributed by atoms with Gasteiger partial charge in [-0.2, -0.15) is 0 Å². The lowest BCUT2D eigenvalue weighted by molar-refractivity contribution is -0.130. The number of likely N-dealkylation sites (tertiary alicyclic amines) is 2. The molecule has 0 atom stereocenters. The molecule has 2 fully saturated rings.